The zero-order valence-electron chi connectivity index (χ0n) is 11.6. The summed E-state index contributed by atoms with van der Waals surface area (Å²) in [6.45, 7) is 2.85. The van der Waals surface area contributed by atoms with Gasteiger partial charge in [0.25, 0.3) is 0 Å². The first-order chi connectivity index (χ1) is 9.34. The molecule has 1 aromatic carbocycles. The van der Waals surface area contributed by atoms with Crippen molar-refractivity contribution in [3.05, 3.63) is 18.2 Å². The normalized spacial score (nSPS) is 23.9. The fraction of sp³-hybridized carbons (Fsp3) is 0.538. The maximum absolute atomic E-state index is 11.7. The van der Waals surface area contributed by atoms with Gasteiger partial charge in [0.15, 0.2) is 9.84 Å². The lowest BCUT2D eigenvalue weighted by molar-refractivity contribution is -0.0102. The minimum absolute atomic E-state index is 0.0647. The van der Waals surface area contributed by atoms with Gasteiger partial charge >= 0.3 is 0 Å². The molecule has 2 unspecified atom stereocenters. The van der Waals surface area contributed by atoms with E-state index in [1.54, 1.807) is 12.1 Å². The number of benzene rings is 1. The molecule has 1 aliphatic rings. The molecule has 7 heteroatoms. The molecule has 3 N–H and O–H groups in total. The second-order valence-corrected chi connectivity index (χ2v) is 7.08. The summed E-state index contributed by atoms with van der Waals surface area (Å²) in [4.78, 5) is 2.11. The Kier molecular flexibility index (Phi) is 4.22. The number of nitrogens with zero attached hydrogens (tertiary/aromatic N) is 1. The highest BCUT2D eigenvalue weighted by molar-refractivity contribution is 7.90. The van der Waals surface area contributed by atoms with Crippen LogP contribution in [0.3, 0.4) is 0 Å². The molecule has 1 fully saturated rings. The van der Waals surface area contributed by atoms with E-state index in [0.29, 0.717) is 18.8 Å². The lowest BCUT2D eigenvalue weighted by Gasteiger charge is -2.39. The zero-order valence-corrected chi connectivity index (χ0v) is 12.4. The highest BCUT2D eigenvalue weighted by atomic mass is 32.2. The number of rotatable bonds is 3. The van der Waals surface area contributed by atoms with Gasteiger partial charge in [-0.2, -0.15) is 0 Å². The van der Waals surface area contributed by atoms with Crippen LogP contribution in [0.5, 0.6) is 0 Å². The number of aliphatic hydroxyl groups excluding tert-OH is 1. The van der Waals surface area contributed by atoms with Gasteiger partial charge < -0.3 is 20.5 Å². The topological polar surface area (TPSA) is 92.9 Å². The molecule has 0 bridgehead atoms. The number of hydrogen-bond donors (Lipinski definition) is 2. The van der Waals surface area contributed by atoms with Gasteiger partial charge in [0.05, 0.1) is 35.6 Å². The van der Waals surface area contributed by atoms with Crippen molar-refractivity contribution >= 4 is 21.2 Å². The third-order valence-corrected chi connectivity index (χ3v) is 4.62. The third-order valence-electron chi connectivity index (χ3n) is 3.46. The molecular formula is C13H20N2O4S. The van der Waals surface area contributed by atoms with E-state index in [2.05, 4.69) is 0 Å². The smallest absolute Gasteiger partial charge is 0.177 e. The monoisotopic (exact) mass is 300 g/mol. The molecule has 0 spiro atoms. The van der Waals surface area contributed by atoms with E-state index in [0.717, 1.165) is 6.26 Å². The molecule has 0 saturated carbocycles. The molecule has 1 aromatic rings. The molecule has 20 heavy (non-hydrogen) atoms. The van der Waals surface area contributed by atoms with Crippen molar-refractivity contribution in [2.75, 3.05) is 36.6 Å². The lowest BCUT2D eigenvalue weighted by atomic mass is 10.1. The van der Waals surface area contributed by atoms with E-state index in [-0.39, 0.29) is 29.3 Å². The van der Waals surface area contributed by atoms with Crippen LogP contribution in [0.2, 0.25) is 0 Å². The SMILES string of the molecule is CC1COC(CO)CN1c1cccc(S(C)(=O)=O)c1N. The van der Waals surface area contributed by atoms with Gasteiger partial charge in [-0.1, -0.05) is 6.07 Å². The van der Waals surface area contributed by atoms with Crippen LogP contribution in [0.4, 0.5) is 11.4 Å². The number of para-hydroxylation sites is 1. The van der Waals surface area contributed by atoms with Crippen molar-refractivity contribution in [1.82, 2.24) is 0 Å². The number of aliphatic hydroxyl groups is 1. The van der Waals surface area contributed by atoms with E-state index in [4.69, 9.17) is 10.5 Å². The number of anilines is 2. The van der Waals surface area contributed by atoms with Gasteiger partial charge in [-0.15, -0.1) is 0 Å². The van der Waals surface area contributed by atoms with Crippen molar-refractivity contribution in [2.24, 2.45) is 0 Å². The summed E-state index contributed by atoms with van der Waals surface area (Å²) in [5.74, 6) is 0. The summed E-state index contributed by atoms with van der Waals surface area (Å²) in [6, 6.07) is 5.04. The van der Waals surface area contributed by atoms with Crippen LogP contribution in [0.15, 0.2) is 23.1 Å². The van der Waals surface area contributed by atoms with E-state index in [1.807, 2.05) is 11.8 Å². The zero-order chi connectivity index (χ0) is 14.9. The minimum atomic E-state index is -3.36. The maximum Gasteiger partial charge on any atom is 0.177 e. The molecule has 0 radical (unpaired) electrons. The number of morpholine rings is 1. The van der Waals surface area contributed by atoms with Gasteiger partial charge in [-0.3, -0.25) is 0 Å². The largest absolute Gasteiger partial charge is 0.396 e. The highest BCUT2D eigenvalue weighted by Crippen LogP contribution is 2.32. The Morgan fingerprint density at radius 1 is 1.50 bits per heavy atom. The second kappa shape index (κ2) is 5.59. The van der Waals surface area contributed by atoms with Gasteiger partial charge in [0.1, 0.15) is 0 Å². The first kappa shape index (κ1) is 15.1. The first-order valence-corrected chi connectivity index (χ1v) is 8.31. The number of hydrogen-bond acceptors (Lipinski definition) is 6. The summed E-state index contributed by atoms with van der Waals surface area (Å²) in [7, 11) is -3.36. The molecule has 1 aliphatic heterocycles. The average molecular weight is 300 g/mol. The Morgan fingerprint density at radius 3 is 2.80 bits per heavy atom. The predicted octanol–water partition coefficient (Wildman–Crippen LogP) is 0.258. The van der Waals surface area contributed by atoms with E-state index in [9.17, 15) is 13.5 Å². The van der Waals surface area contributed by atoms with Gasteiger partial charge in [-0.05, 0) is 19.1 Å². The van der Waals surface area contributed by atoms with Gasteiger partial charge in [-0.25, -0.2) is 8.42 Å². The van der Waals surface area contributed by atoms with E-state index in [1.165, 1.54) is 6.07 Å². The molecule has 1 saturated heterocycles. The Labute approximate surface area is 119 Å². The van der Waals surface area contributed by atoms with Crippen molar-refractivity contribution in [1.29, 1.82) is 0 Å². The lowest BCUT2D eigenvalue weighted by Crippen LogP contribution is -2.49. The van der Waals surface area contributed by atoms with Gasteiger partial charge in [0.2, 0.25) is 0 Å². The Hall–Kier alpha value is -1.31. The predicted molar refractivity (Wildman–Crippen MR) is 77.6 cm³/mol. The highest BCUT2D eigenvalue weighted by Gasteiger charge is 2.28. The summed E-state index contributed by atoms with van der Waals surface area (Å²) in [5.41, 5.74) is 6.94. The molecule has 112 valence electrons. The van der Waals surface area contributed by atoms with Crippen molar-refractivity contribution in [3.8, 4) is 0 Å². The fourth-order valence-electron chi connectivity index (χ4n) is 2.37. The first-order valence-electron chi connectivity index (χ1n) is 6.42. The van der Waals surface area contributed by atoms with Crippen molar-refractivity contribution in [3.63, 3.8) is 0 Å². The Balaban J connectivity index is 2.42. The Morgan fingerprint density at radius 2 is 2.20 bits per heavy atom. The third kappa shape index (κ3) is 2.89. The molecule has 2 rings (SSSR count). The molecule has 1 heterocycles. The summed E-state index contributed by atoms with van der Waals surface area (Å²) in [6.07, 6.45) is 0.856. The Bertz CT molecular complexity index is 588. The van der Waals surface area contributed by atoms with Crippen LogP contribution in [0.1, 0.15) is 6.92 Å². The molecular weight excluding hydrogens is 280 g/mol. The molecule has 2 atom stereocenters. The summed E-state index contributed by atoms with van der Waals surface area (Å²) < 4.78 is 28.9. The fourth-order valence-corrected chi connectivity index (χ4v) is 3.20. The molecule has 0 amide bonds. The van der Waals surface area contributed by atoms with Gasteiger partial charge in [0, 0.05) is 18.8 Å². The number of ether oxygens (including phenoxy) is 1. The minimum Gasteiger partial charge on any atom is -0.396 e. The summed E-state index contributed by atoms with van der Waals surface area (Å²) in [5, 5.41) is 9.22. The molecule has 0 aromatic heterocycles. The van der Waals surface area contributed by atoms with Crippen molar-refractivity contribution < 1.29 is 18.3 Å². The van der Waals surface area contributed by atoms with Crippen LogP contribution in [-0.2, 0) is 14.6 Å². The standard InChI is InChI=1S/C13H20N2O4S/c1-9-8-19-10(7-16)6-15(9)11-4-3-5-12(13(11)14)20(2,17)18/h3-5,9-10,16H,6-8,14H2,1-2H3. The second-order valence-electron chi connectivity index (χ2n) is 5.10. The van der Waals surface area contributed by atoms with Crippen LogP contribution in [-0.4, -0.2) is 51.7 Å². The quantitative estimate of drug-likeness (QED) is 0.778. The van der Waals surface area contributed by atoms with E-state index < -0.39 is 9.84 Å². The van der Waals surface area contributed by atoms with Crippen molar-refractivity contribution in [2.45, 2.75) is 24.0 Å². The average Bonchev–Trinajstić information content (AvgIpc) is 2.38. The summed E-state index contributed by atoms with van der Waals surface area (Å²) >= 11 is 0. The van der Waals surface area contributed by atoms with Crippen LogP contribution in [0, 0.1) is 0 Å². The molecule has 0 aliphatic carbocycles. The van der Waals surface area contributed by atoms with Crippen LogP contribution in [0.25, 0.3) is 0 Å². The van der Waals surface area contributed by atoms with E-state index >= 15 is 0 Å². The van der Waals surface area contributed by atoms with Crippen LogP contribution >= 0.6 is 0 Å². The number of nitrogen functional groups attached to an aromatic ring is 1. The molecule has 6 nitrogen and oxygen atoms in total. The maximum atomic E-state index is 11.7. The number of sulfone groups is 1. The van der Waals surface area contributed by atoms with Crippen LogP contribution < -0.4 is 10.6 Å². The number of nitrogens with two attached hydrogens (primary N) is 1.